The summed E-state index contributed by atoms with van der Waals surface area (Å²) in [6, 6.07) is 6.73. The molecule has 1 aliphatic carbocycles. The Morgan fingerprint density at radius 3 is 3.00 bits per heavy atom. The van der Waals surface area contributed by atoms with E-state index in [1.807, 2.05) is 11.3 Å². The molecule has 0 aromatic carbocycles. The van der Waals surface area contributed by atoms with Crippen LogP contribution in [-0.4, -0.2) is 4.57 Å². The van der Waals surface area contributed by atoms with E-state index >= 15 is 0 Å². The van der Waals surface area contributed by atoms with Gasteiger partial charge in [-0.05, 0) is 41.3 Å². The first-order valence-electron chi connectivity index (χ1n) is 6.51. The number of hydrogen-bond donors (Lipinski definition) is 1. The number of rotatable bonds is 2. The summed E-state index contributed by atoms with van der Waals surface area (Å²) in [6.45, 7) is 5.62. The molecule has 1 aliphatic rings. The summed E-state index contributed by atoms with van der Waals surface area (Å²) in [5.74, 6) is 0. The summed E-state index contributed by atoms with van der Waals surface area (Å²) in [6.07, 6.45) is 4.42. The maximum absolute atomic E-state index is 6.30. The van der Waals surface area contributed by atoms with Gasteiger partial charge in [-0.15, -0.1) is 11.3 Å². The molecule has 0 saturated carbocycles. The summed E-state index contributed by atoms with van der Waals surface area (Å²) < 4.78 is 2.38. The molecule has 0 spiro atoms. The Kier molecular flexibility index (Phi) is 2.83. The van der Waals surface area contributed by atoms with Gasteiger partial charge in [0.2, 0.25) is 0 Å². The number of aromatic nitrogens is 1. The van der Waals surface area contributed by atoms with E-state index in [2.05, 4.69) is 48.2 Å². The average Bonchev–Trinajstić information content (AvgIpc) is 2.88. The lowest BCUT2D eigenvalue weighted by atomic mass is 9.74. The van der Waals surface area contributed by atoms with E-state index in [1.54, 1.807) is 0 Å². The smallest absolute Gasteiger partial charge is 0.0566 e. The molecular weight excluding hydrogens is 240 g/mol. The minimum Gasteiger partial charge on any atom is -0.346 e. The van der Waals surface area contributed by atoms with Crippen molar-refractivity contribution >= 4 is 11.3 Å². The van der Waals surface area contributed by atoms with Gasteiger partial charge >= 0.3 is 0 Å². The van der Waals surface area contributed by atoms with Crippen LogP contribution in [0.25, 0.3) is 0 Å². The molecule has 2 N–H and O–H groups in total. The van der Waals surface area contributed by atoms with E-state index in [1.165, 1.54) is 16.1 Å². The molecule has 96 valence electrons. The SMILES string of the molecule is CC1(C)Cc2c(ccn2Cc2cccs2)C(N)C1. The molecule has 2 nitrogen and oxygen atoms in total. The fraction of sp³-hybridized carbons (Fsp3) is 0.467. The molecule has 0 radical (unpaired) electrons. The van der Waals surface area contributed by atoms with Crippen LogP contribution in [0.1, 0.15) is 42.4 Å². The van der Waals surface area contributed by atoms with Gasteiger partial charge in [0, 0.05) is 22.8 Å². The van der Waals surface area contributed by atoms with E-state index in [-0.39, 0.29) is 6.04 Å². The second-order valence-electron chi connectivity index (χ2n) is 6.08. The van der Waals surface area contributed by atoms with E-state index in [4.69, 9.17) is 5.73 Å². The second-order valence-corrected chi connectivity index (χ2v) is 7.11. The van der Waals surface area contributed by atoms with Crippen LogP contribution in [0.2, 0.25) is 0 Å². The van der Waals surface area contributed by atoms with Gasteiger partial charge in [0.1, 0.15) is 0 Å². The maximum atomic E-state index is 6.30. The zero-order valence-corrected chi connectivity index (χ0v) is 11.8. The fourth-order valence-electron chi connectivity index (χ4n) is 3.01. The molecule has 2 aromatic heterocycles. The maximum Gasteiger partial charge on any atom is 0.0566 e. The van der Waals surface area contributed by atoms with E-state index in [0.29, 0.717) is 5.41 Å². The third-order valence-corrected chi connectivity index (χ3v) is 4.70. The molecule has 0 bridgehead atoms. The lowest BCUT2D eigenvalue weighted by Crippen LogP contribution is -2.30. The highest BCUT2D eigenvalue weighted by Gasteiger charge is 2.32. The Labute approximate surface area is 112 Å². The van der Waals surface area contributed by atoms with E-state index < -0.39 is 0 Å². The van der Waals surface area contributed by atoms with Crippen molar-refractivity contribution in [1.29, 1.82) is 0 Å². The monoisotopic (exact) mass is 260 g/mol. The van der Waals surface area contributed by atoms with Crippen LogP contribution in [0.4, 0.5) is 0 Å². The van der Waals surface area contributed by atoms with Crippen LogP contribution in [0.5, 0.6) is 0 Å². The largest absolute Gasteiger partial charge is 0.346 e. The topological polar surface area (TPSA) is 30.9 Å². The summed E-state index contributed by atoms with van der Waals surface area (Å²) in [4.78, 5) is 1.41. The molecule has 0 aliphatic heterocycles. The van der Waals surface area contributed by atoms with Gasteiger partial charge in [0.15, 0.2) is 0 Å². The van der Waals surface area contributed by atoms with Gasteiger partial charge in [-0.2, -0.15) is 0 Å². The predicted octanol–water partition coefficient (Wildman–Crippen LogP) is 3.57. The summed E-state index contributed by atoms with van der Waals surface area (Å²) in [7, 11) is 0. The van der Waals surface area contributed by atoms with Gasteiger partial charge in [-0.1, -0.05) is 19.9 Å². The first-order chi connectivity index (χ1) is 8.55. The molecule has 18 heavy (non-hydrogen) atoms. The fourth-order valence-corrected chi connectivity index (χ4v) is 3.72. The molecule has 2 aromatic rings. The van der Waals surface area contributed by atoms with Crippen molar-refractivity contribution in [3.63, 3.8) is 0 Å². The molecule has 0 saturated heterocycles. The van der Waals surface area contributed by atoms with E-state index in [9.17, 15) is 0 Å². The van der Waals surface area contributed by atoms with Crippen molar-refractivity contribution in [3.8, 4) is 0 Å². The lowest BCUT2D eigenvalue weighted by Gasteiger charge is -2.34. The third-order valence-electron chi connectivity index (χ3n) is 3.84. The first-order valence-corrected chi connectivity index (χ1v) is 7.39. The van der Waals surface area contributed by atoms with Crippen molar-refractivity contribution in [3.05, 3.63) is 45.9 Å². The van der Waals surface area contributed by atoms with Crippen LogP contribution >= 0.6 is 11.3 Å². The van der Waals surface area contributed by atoms with Gasteiger partial charge in [0.25, 0.3) is 0 Å². The Balaban J connectivity index is 1.94. The molecule has 3 heteroatoms. The number of hydrogen-bond acceptors (Lipinski definition) is 2. The van der Waals surface area contributed by atoms with Crippen molar-refractivity contribution < 1.29 is 0 Å². The van der Waals surface area contributed by atoms with Crippen LogP contribution < -0.4 is 5.73 Å². The Bertz CT molecular complexity index is 537. The minimum atomic E-state index is 0.202. The van der Waals surface area contributed by atoms with Crippen LogP contribution in [0.3, 0.4) is 0 Å². The van der Waals surface area contributed by atoms with Gasteiger partial charge in [0.05, 0.1) is 6.54 Å². The predicted molar refractivity (Wildman–Crippen MR) is 76.9 cm³/mol. The number of nitrogens with two attached hydrogens (primary N) is 1. The standard InChI is InChI=1S/C15H20N2S/c1-15(2)8-13(16)12-5-6-17(14(12)9-15)10-11-4-3-7-18-11/h3-7,13H,8-10,16H2,1-2H3. The normalized spacial score (nSPS) is 21.8. The highest BCUT2D eigenvalue weighted by molar-refractivity contribution is 7.09. The molecule has 0 fully saturated rings. The minimum absolute atomic E-state index is 0.202. The first kappa shape index (κ1) is 12.0. The van der Waals surface area contributed by atoms with Crippen molar-refractivity contribution in [2.75, 3.05) is 0 Å². The zero-order valence-electron chi connectivity index (χ0n) is 11.0. The molecular formula is C15H20N2S. The Morgan fingerprint density at radius 2 is 2.28 bits per heavy atom. The Morgan fingerprint density at radius 1 is 1.44 bits per heavy atom. The lowest BCUT2D eigenvalue weighted by molar-refractivity contribution is 0.276. The van der Waals surface area contributed by atoms with Crippen LogP contribution in [0, 0.1) is 5.41 Å². The summed E-state index contributed by atoms with van der Waals surface area (Å²) in [5.41, 5.74) is 9.41. The van der Waals surface area contributed by atoms with Crippen LogP contribution in [0.15, 0.2) is 29.8 Å². The highest BCUT2D eigenvalue weighted by atomic mass is 32.1. The van der Waals surface area contributed by atoms with Gasteiger partial charge in [-0.25, -0.2) is 0 Å². The summed E-state index contributed by atoms with van der Waals surface area (Å²) >= 11 is 1.82. The summed E-state index contributed by atoms with van der Waals surface area (Å²) in [5, 5.41) is 2.14. The molecule has 1 unspecified atom stereocenters. The molecule has 3 rings (SSSR count). The number of fused-ring (bicyclic) bond motifs is 1. The molecule has 1 atom stereocenters. The van der Waals surface area contributed by atoms with Crippen LogP contribution in [-0.2, 0) is 13.0 Å². The molecule has 2 heterocycles. The van der Waals surface area contributed by atoms with Gasteiger partial charge < -0.3 is 10.3 Å². The zero-order chi connectivity index (χ0) is 12.8. The van der Waals surface area contributed by atoms with E-state index in [0.717, 1.165) is 19.4 Å². The quantitative estimate of drug-likeness (QED) is 0.879. The third kappa shape index (κ3) is 2.13. The Hall–Kier alpha value is -1.06. The highest BCUT2D eigenvalue weighted by Crippen LogP contribution is 2.40. The van der Waals surface area contributed by atoms with Crippen molar-refractivity contribution in [1.82, 2.24) is 4.57 Å². The average molecular weight is 260 g/mol. The molecule has 0 amide bonds. The van der Waals surface area contributed by atoms with Crippen molar-refractivity contribution in [2.24, 2.45) is 11.1 Å². The number of nitrogens with zero attached hydrogens (tertiary/aromatic N) is 1. The second kappa shape index (κ2) is 4.25. The number of thiophene rings is 1. The van der Waals surface area contributed by atoms with Gasteiger partial charge in [-0.3, -0.25) is 0 Å². The van der Waals surface area contributed by atoms with Crippen molar-refractivity contribution in [2.45, 2.75) is 39.3 Å².